The summed E-state index contributed by atoms with van der Waals surface area (Å²) in [6.07, 6.45) is 4.73. The lowest BCUT2D eigenvalue weighted by Crippen LogP contribution is -2.22. The first-order valence-corrected chi connectivity index (χ1v) is 7.64. The molecule has 3 heterocycles. The summed E-state index contributed by atoms with van der Waals surface area (Å²) in [5.41, 5.74) is 2.79. The van der Waals surface area contributed by atoms with Crippen molar-refractivity contribution >= 4 is 38.5 Å². The summed E-state index contributed by atoms with van der Waals surface area (Å²) in [5.74, 6) is 1.89. The normalized spacial score (nSPS) is 24.6. The number of nitrogens with zero attached hydrogens (tertiary/aromatic N) is 2. The van der Waals surface area contributed by atoms with Gasteiger partial charge in [0.15, 0.2) is 0 Å². The van der Waals surface area contributed by atoms with Crippen LogP contribution in [-0.4, -0.2) is 9.55 Å². The van der Waals surface area contributed by atoms with Crippen molar-refractivity contribution < 1.29 is 0 Å². The molecule has 0 spiro atoms. The van der Waals surface area contributed by atoms with E-state index < -0.39 is 0 Å². The quantitative estimate of drug-likeness (QED) is 0.601. The van der Waals surface area contributed by atoms with Crippen LogP contribution in [0.4, 0.5) is 0 Å². The lowest BCUT2D eigenvalue weighted by molar-refractivity contribution is 0.274. The predicted molar refractivity (Wildman–Crippen MR) is 79.1 cm³/mol. The average molecular weight is 401 g/mol. The molecule has 0 radical (unpaired) electrons. The van der Waals surface area contributed by atoms with E-state index in [2.05, 4.69) is 67.5 Å². The molecule has 0 amide bonds. The van der Waals surface area contributed by atoms with Crippen LogP contribution in [0.2, 0.25) is 0 Å². The summed E-state index contributed by atoms with van der Waals surface area (Å²) < 4.78 is 4.60. The van der Waals surface area contributed by atoms with Gasteiger partial charge in [0.1, 0.15) is 9.53 Å². The molecule has 1 aromatic carbocycles. The fourth-order valence-electron chi connectivity index (χ4n) is 2.99. The smallest absolute Gasteiger partial charge is 0.141 e. The van der Waals surface area contributed by atoms with Gasteiger partial charge in [0, 0.05) is 22.3 Å². The third-order valence-electron chi connectivity index (χ3n) is 3.91. The molecule has 17 heavy (non-hydrogen) atoms. The molecule has 2 nitrogen and oxygen atoms in total. The molecule has 86 valence electrons. The molecule has 1 aromatic heterocycles. The summed E-state index contributed by atoms with van der Waals surface area (Å²) in [6, 6.07) is 7.29. The van der Waals surface area contributed by atoms with E-state index in [9.17, 15) is 0 Å². The topological polar surface area (TPSA) is 17.8 Å². The van der Waals surface area contributed by atoms with E-state index in [0.717, 1.165) is 19.9 Å². The lowest BCUT2D eigenvalue weighted by atomic mass is 9.76. The summed E-state index contributed by atoms with van der Waals surface area (Å²) >= 11 is 5.87. The van der Waals surface area contributed by atoms with Crippen molar-refractivity contribution in [2.24, 2.45) is 0 Å². The standard InChI is InChI=1S/C13H10BrIN2/c14-8-1-2-10-7-3-9(4-7)17-6-12(15)16-13(17)11(10)5-8/h1-2,5-7,9H,3-4H2. The summed E-state index contributed by atoms with van der Waals surface area (Å²) in [5, 5.41) is 0. The maximum Gasteiger partial charge on any atom is 0.141 e. The van der Waals surface area contributed by atoms with Crippen molar-refractivity contribution in [3.8, 4) is 11.4 Å². The molecule has 3 aliphatic rings. The van der Waals surface area contributed by atoms with E-state index in [1.54, 1.807) is 0 Å². The Morgan fingerprint density at radius 3 is 3.00 bits per heavy atom. The SMILES string of the molecule is Brc1ccc2c(c1)-c1nc(I)cn1C1CC2C1. The first-order chi connectivity index (χ1) is 8.22. The molecule has 2 bridgehead atoms. The van der Waals surface area contributed by atoms with E-state index in [-0.39, 0.29) is 0 Å². The van der Waals surface area contributed by atoms with Gasteiger partial charge < -0.3 is 4.57 Å². The van der Waals surface area contributed by atoms with Crippen molar-refractivity contribution in [1.29, 1.82) is 0 Å². The Labute approximate surface area is 122 Å². The van der Waals surface area contributed by atoms with Crippen LogP contribution >= 0.6 is 38.5 Å². The molecule has 1 fully saturated rings. The Morgan fingerprint density at radius 1 is 1.35 bits per heavy atom. The van der Waals surface area contributed by atoms with Gasteiger partial charge in [-0.1, -0.05) is 22.0 Å². The van der Waals surface area contributed by atoms with Gasteiger partial charge in [-0.25, -0.2) is 4.98 Å². The van der Waals surface area contributed by atoms with Gasteiger partial charge in [0.05, 0.1) is 0 Å². The fourth-order valence-corrected chi connectivity index (χ4v) is 3.88. The molecule has 4 heteroatoms. The Morgan fingerprint density at radius 2 is 2.18 bits per heavy atom. The van der Waals surface area contributed by atoms with Gasteiger partial charge >= 0.3 is 0 Å². The number of halogens is 2. The largest absolute Gasteiger partial charge is 0.327 e. The minimum absolute atomic E-state index is 0.664. The van der Waals surface area contributed by atoms with Gasteiger partial charge in [-0.05, 0) is 59.0 Å². The molecule has 5 rings (SSSR count). The highest BCUT2D eigenvalue weighted by Crippen LogP contribution is 2.52. The van der Waals surface area contributed by atoms with Gasteiger partial charge in [-0.3, -0.25) is 0 Å². The van der Waals surface area contributed by atoms with Crippen molar-refractivity contribution in [3.63, 3.8) is 0 Å². The maximum atomic E-state index is 4.70. The van der Waals surface area contributed by atoms with Gasteiger partial charge in [0.25, 0.3) is 0 Å². The highest BCUT2D eigenvalue weighted by Gasteiger charge is 2.38. The van der Waals surface area contributed by atoms with Gasteiger partial charge in [0.2, 0.25) is 0 Å². The third-order valence-corrected chi connectivity index (χ3v) is 4.92. The van der Waals surface area contributed by atoms with Crippen LogP contribution in [-0.2, 0) is 0 Å². The Balaban J connectivity index is 2.05. The number of imidazole rings is 1. The minimum atomic E-state index is 0.664. The summed E-state index contributed by atoms with van der Waals surface area (Å²) in [4.78, 5) is 4.70. The second-order valence-electron chi connectivity index (χ2n) is 4.85. The van der Waals surface area contributed by atoms with Crippen LogP contribution in [0.3, 0.4) is 0 Å². The predicted octanol–water partition coefficient (Wildman–Crippen LogP) is 4.35. The summed E-state index contributed by atoms with van der Waals surface area (Å²) in [7, 11) is 0. The first kappa shape index (κ1) is 10.6. The number of benzene rings is 1. The lowest BCUT2D eigenvalue weighted by Gasteiger charge is -2.34. The Kier molecular flexibility index (Phi) is 2.22. The molecule has 0 atom stereocenters. The van der Waals surface area contributed by atoms with Gasteiger partial charge in [-0.15, -0.1) is 0 Å². The second-order valence-corrected chi connectivity index (χ2v) is 6.87. The second kappa shape index (κ2) is 3.57. The molecule has 1 saturated carbocycles. The van der Waals surface area contributed by atoms with Crippen molar-refractivity contribution in [2.75, 3.05) is 0 Å². The number of hydrogen-bond acceptors (Lipinski definition) is 1. The zero-order valence-corrected chi connectivity index (χ0v) is 12.8. The molecule has 0 saturated heterocycles. The zero-order valence-electron chi connectivity index (χ0n) is 9.03. The monoisotopic (exact) mass is 400 g/mol. The van der Waals surface area contributed by atoms with Crippen molar-refractivity contribution in [3.05, 3.63) is 38.1 Å². The zero-order chi connectivity index (χ0) is 11.6. The molecular formula is C13H10BrIN2. The third kappa shape index (κ3) is 1.46. The summed E-state index contributed by atoms with van der Waals surface area (Å²) in [6.45, 7) is 0. The Hall–Kier alpha value is -0.360. The highest BCUT2D eigenvalue weighted by molar-refractivity contribution is 14.1. The number of hydrogen-bond donors (Lipinski definition) is 0. The minimum Gasteiger partial charge on any atom is -0.327 e. The van der Waals surface area contributed by atoms with E-state index in [0.29, 0.717) is 6.04 Å². The molecule has 0 N–H and O–H groups in total. The molecule has 2 aliphatic heterocycles. The van der Waals surface area contributed by atoms with Crippen LogP contribution in [0.15, 0.2) is 28.9 Å². The van der Waals surface area contributed by atoms with E-state index in [4.69, 9.17) is 4.98 Å². The van der Waals surface area contributed by atoms with E-state index >= 15 is 0 Å². The molecule has 1 aliphatic carbocycles. The fraction of sp³-hybridized carbons (Fsp3) is 0.308. The molecule has 0 unspecified atom stereocenters. The average Bonchev–Trinajstić information content (AvgIpc) is 2.51. The van der Waals surface area contributed by atoms with E-state index in [1.165, 1.54) is 24.0 Å². The van der Waals surface area contributed by atoms with Crippen LogP contribution in [0, 0.1) is 3.70 Å². The highest BCUT2D eigenvalue weighted by atomic mass is 127. The number of rotatable bonds is 0. The molecule has 2 aromatic rings. The van der Waals surface area contributed by atoms with Crippen LogP contribution in [0.25, 0.3) is 11.4 Å². The van der Waals surface area contributed by atoms with Crippen molar-refractivity contribution in [1.82, 2.24) is 9.55 Å². The van der Waals surface area contributed by atoms with Crippen LogP contribution in [0.5, 0.6) is 0 Å². The van der Waals surface area contributed by atoms with Gasteiger partial charge in [-0.2, -0.15) is 0 Å². The number of aromatic nitrogens is 2. The van der Waals surface area contributed by atoms with Crippen LogP contribution < -0.4 is 0 Å². The van der Waals surface area contributed by atoms with Crippen LogP contribution in [0.1, 0.15) is 30.4 Å². The Bertz CT molecular complexity index is 614. The van der Waals surface area contributed by atoms with E-state index in [1.807, 2.05) is 0 Å². The molecular weight excluding hydrogens is 391 g/mol. The maximum absolute atomic E-state index is 4.70. The first-order valence-electron chi connectivity index (χ1n) is 5.76. The van der Waals surface area contributed by atoms with Crippen molar-refractivity contribution in [2.45, 2.75) is 24.8 Å².